The summed E-state index contributed by atoms with van der Waals surface area (Å²) in [5.74, 6) is 0.136. The van der Waals surface area contributed by atoms with Crippen LogP contribution >= 0.6 is 0 Å². The van der Waals surface area contributed by atoms with E-state index >= 15 is 0 Å². The summed E-state index contributed by atoms with van der Waals surface area (Å²) in [5.41, 5.74) is 2.08. The monoisotopic (exact) mass is 371 g/mol. The van der Waals surface area contributed by atoms with Crippen molar-refractivity contribution in [1.29, 1.82) is 0 Å². The molecular weight excluding hydrogens is 342 g/mol. The Morgan fingerprint density at radius 1 is 1.04 bits per heavy atom. The van der Waals surface area contributed by atoms with Gasteiger partial charge in [-0.1, -0.05) is 18.2 Å². The Kier molecular flexibility index (Phi) is 5.74. The lowest BCUT2D eigenvalue weighted by Crippen LogP contribution is -2.51. The van der Waals surface area contributed by atoms with Crippen molar-refractivity contribution in [2.75, 3.05) is 50.8 Å². The number of rotatable bonds is 3. The van der Waals surface area contributed by atoms with Crippen molar-refractivity contribution in [3.63, 3.8) is 0 Å². The third-order valence-corrected chi connectivity index (χ3v) is 6.09. The molecule has 6 heteroatoms. The lowest BCUT2D eigenvalue weighted by atomic mass is 10.0. The van der Waals surface area contributed by atoms with Crippen LogP contribution in [0.1, 0.15) is 31.2 Å². The minimum absolute atomic E-state index is 0.0662. The van der Waals surface area contributed by atoms with Gasteiger partial charge in [0.25, 0.3) is 0 Å². The van der Waals surface area contributed by atoms with Crippen LogP contribution in [0.5, 0.6) is 0 Å². The van der Waals surface area contributed by atoms with Gasteiger partial charge in [0.2, 0.25) is 11.8 Å². The molecular formula is C21H29N3O3. The maximum absolute atomic E-state index is 12.9. The largest absolute Gasteiger partial charge is 0.379 e. The Morgan fingerprint density at radius 2 is 1.78 bits per heavy atom. The van der Waals surface area contributed by atoms with Crippen molar-refractivity contribution in [2.24, 2.45) is 0 Å². The number of benzene rings is 1. The van der Waals surface area contributed by atoms with E-state index in [1.54, 1.807) is 4.90 Å². The Hall–Kier alpha value is -1.92. The zero-order valence-electron chi connectivity index (χ0n) is 15.9. The molecule has 2 fully saturated rings. The second kappa shape index (κ2) is 8.40. The lowest BCUT2D eigenvalue weighted by molar-refractivity contribution is -0.133. The predicted octanol–water partition coefficient (Wildman–Crippen LogP) is 1.68. The second-order valence-electron chi connectivity index (χ2n) is 7.72. The second-order valence-corrected chi connectivity index (χ2v) is 7.72. The maximum Gasteiger partial charge on any atom is 0.242 e. The summed E-state index contributed by atoms with van der Waals surface area (Å²) in [6, 6.07) is 8.54. The molecule has 2 saturated heterocycles. The molecule has 0 unspecified atom stereocenters. The van der Waals surface area contributed by atoms with Crippen molar-refractivity contribution in [2.45, 2.75) is 38.1 Å². The van der Waals surface area contributed by atoms with Crippen LogP contribution in [-0.2, 0) is 20.7 Å². The SMILES string of the molecule is O=C(CN1C(=O)CCCc2ccccc21)N1CCC(N2CCOCC2)CC1. The van der Waals surface area contributed by atoms with E-state index in [-0.39, 0.29) is 18.4 Å². The number of piperidine rings is 1. The van der Waals surface area contributed by atoms with Gasteiger partial charge in [-0.05, 0) is 37.3 Å². The Balaban J connectivity index is 1.37. The van der Waals surface area contributed by atoms with Crippen molar-refractivity contribution in [3.8, 4) is 0 Å². The summed E-state index contributed by atoms with van der Waals surface area (Å²) in [6.45, 7) is 5.35. The molecule has 4 rings (SSSR count). The fourth-order valence-electron chi connectivity index (χ4n) is 4.52. The minimum atomic E-state index is 0.0662. The molecule has 0 aromatic heterocycles. The third kappa shape index (κ3) is 4.17. The number of morpholine rings is 1. The highest BCUT2D eigenvalue weighted by Crippen LogP contribution is 2.27. The summed E-state index contributed by atoms with van der Waals surface area (Å²) >= 11 is 0. The number of carbonyl (C=O) groups excluding carboxylic acids is 2. The molecule has 6 nitrogen and oxygen atoms in total. The van der Waals surface area contributed by atoms with Crippen LogP contribution in [0, 0.1) is 0 Å². The van der Waals surface area contributed by atoms with Crippen LogP contribution in [0.4, 0.5) is 5.69 Å². The van der Waals surface area contributed by atoms with Crippen LogP contribution in [0.2, 0.25) is 0 Å². The molecule has 27 heavy (non-hydrogen) atoms. The molecule has 3 aliphatic rings. The molecule has 0 aliphatic carbocycles. The number of hydrogen-bond acceptors (Lipinski definition) is 4. The number of ether oxygens (including phenoxy) is 1. The first-order valence-electron chi connectivity index (χ1n) is 10.2. The molecule has 0 spiro atoms. The zero-order chi connectivity index (χ0) is 18.6. The first-order valence-corrected chi connectivity index (χ1v) is 10.2. The lowest BCUT2D eigenvalue weighted by Gasteiger charge is -2.40. The average Bonchev–Trinajstić information content (AvgIpc) is 2.88. The first-order chi connectivity index (χ1) is 13.2. The first kappa shape index (κ1) is 18.4. The van der Waals surface area contributed by atoms with Gasteiger partial charge in [-0.3, -0.25) is 14.5 Å². The van der Waals surface area contributed by atoms with Gasteiger partial charge in [0, 0.05) is 44.3 Å². The van der Waals surface area contributed by atoms with Gasteiger partial charge in [0.05, 0.1) is 13.2 Å². The Morgan fingerprint density at radius 3 is 2.56 bits per heavy atom. The zero-order valence-corrected chi connectivity index (χ0v) is 15.9. The smallest absolute Gasteiger partial charge is 0.242 e. The van der Waals surface area contributed by atoms with Gasteiger partial charge >= 0.3 is 0 Å². The van der Waals surface area contributed by atoms with E-state index in [9.17, 15) is 9.59 Å². The summed E-state index contributed by atoms with van der Waals surface area (Å²) < 4.78 is 5.44. The topological polar surface area (TPSA) is 53.1 Å². The van der Waals surface area contributed by atoms with Gasteiger partial charge < -0.3 is 14.5 Å². The quantitative estimate of drug-likeness (QED) is 0.811. The van der Waals surface area contributed by atoms with E-state index in [0.717, 1.165) is 70.8 Å². The number of hydrogen-bond donors (Lipinski definition) is 0. The molecule has 0 radical (unpaired) electrons. The van der Waals surface area contributed by atoms with E-state index in [2.05, 4.69) is 11.0 Å². The number of fused-ring (bicyclic) bond motifs is 1. The van der Waals surface area contributed by atoms with Crippen molar-refractivity contribution in [1.82, 2.24) is 9.80 Å². The van der Waals surface area contributed by atoms with Gasteiger partial charge in [-0.25, -0.2) is 0 Å². The number of nitrogens with zero attached hydrogens (tertiary/aromatic N) is 3. The molecule has 0 atom stereocenters. The molecule has 3 aliphatic heterocycles. The van der Waals surface area contributed by atoms with Gasteiger partial charge in [-0.15, -0.1) is 0 Å². The molecule has 1 aromatic rings. The van der Waals surface area contributed by atoms with E-state index in [0.29, 0.717) is 12.5 Å². The fraction of sp³-hybridized carbons (Fsp3) is 0.619. The third-order valence-electron chi connectivity index (χ3n) is 6.09. The fourth-order valence-corrected chi connectivity index (χ4v) is 4.52. The van der Waals surface area contributed by atoms with Crippen LogP contribution in [-0.4, -0.2) is 73.6 Å². The highest BCUT2D eigenvalue weighted by molar-refractivity contribution is 5.99. The van der Waals surface area contributed by atoms with Crippen LogP contribution < -0.4 is 4.90 Å². The van der Waals surface area contributed by atoms with E-state index in [4.69, 9.17) is 4.74 Å². The summed E-state index contributed by atoms with van der Waals surface area (Å²) in [4.78, 5) is 31.7. The highest BCUT2D eigenvalue weighted by atomic mass is 16.5. The van der Waals surface area contributed by atoms with Crippen molar-refractivity contribution < 1.29 is 14.3 Å². The van der Waals surface area contributed by atoms with E-state index < -0.39 is 0 Å². The molecule has 146 valence electrons. The number of carbonyl (C=O) groups is 2. The van der Waals surface area contributed by atoms with Crippen LogP contribution in [0.15, 0.2) is 24.3 Å². The maximum atomic E-state index is 12.9. The normalized spacial score (nSPS) is 22.4. The van der Waals surface area contributed by atoms with Crippen LogP contribution in [0.3, 0.4) is 0 Å². The number of likely N-dealkylation sites (tertiary alicyclic amines) is 1. The molecule has 2 amide bonds. The Labute approximate surface area is 161 Å². The summed E-state index contributed by atoms with van der Waals surface area (Å²) in [7, 11) is 0. The number of para-hydroxylation sites is 1. The molecule has 0 saturated carbocycles. The number of amides is 2. The standard InChI is InChI=1S/C21H29N3O3/c25-20-7-3-5-17-4-1-2-6-19(17)24(20)16-21(26)23-10-8-18(9-11-23)22-12-14-27-15-13-22/h1-2,4,6,18H,3,5,7-16H2. The number of anilines is 1. The summed E-state index contributed by atoms with van der Waals surface area (Å²) in [5, 5.41) is 0. The van der Waals surface area contributed by atoms with E-state index in [1.807, 2.05) is 23.1 Å². The molecule has 3 heterocycles. The Bertz CT molecular complexity index is 679. The molecule has 0 N–H and O–H groups in total. The van der Waals surface area contributed by atoms with Gasteiger partial charge in [-0.2, -0.15) is 0 Å². The van der Waals surface area contributed by atoms with E-state index in [1.165, 1.54) is 5.56 Å². The average molecular weight is 371 g/mol. The van der Waals surface area contributed by atoms with Crippen molar-refractivity contribution >= 4 is 17.5 Å². The van der Waals surface area contributed by atoms with Gasteiger partial charge in [0.1, 0.15) is 6.54 Å². The predicted molar refractivity (Wildman–Crippen MR) is 104 cm³/mol. The van der Waals surface area contributed by atoms with Gasteiger partial charge in [0.15, 0.2) is 0 Å². The number of aryl methyl sites for hydroxylation is 1. The van der Waals surface area contributed by atoms with Crippen LogP contribution in [0.25, 0.3) is 0 Å². The molecule has 0 bridgehead atoms. The van der Waals surface area contributed by atoms with Crippen molar-refractivity contribution in [3.05, 3.63) is 29.8 Å². The molecule has 1 aromatic carbocycles. The minimum Gasteiger partial charge on any atom is -0.379 e. The highest BCUT2D eigenvalue weighted by Gasteiger charge is 2.30. The summed E-state index contributed by atoms with van der Waals surface area (Å²) in [6.07, 6.45) is 4.29.